The summed E-state index contributed by atoms with van der Waals surface area (Å²) < 4.78 is 5.62. The first-order valence-corrected chi connectivity index (χ1v) is 12.9. The molecule has 1 aromatic rings. The Morgan fingerprint density at radius 2 is 1.75 bits per heavy atom. The number of carbonyl (C=O) groups excluding carboxylic acids is 1. The average Bonchev–Trinajstić information content (AvgIpc) is 3.04. The molecule has 4 saturated carbocycles. The van der Waals surface area contributed by atoms with Gasteiger partial charge in [-0.15, -0.1) is 0 Å². The SMILES string of the molecule is CC(=O)O[C@@H]1CC[C@@]2(C)[C@@H](CC[C@@H]3[C@@H]2CC[C@@]2(C)[C@H]3CC[C@@]2(O)/C=C/c2ccccc2)C1. The lowest BCUT2D eigenvalue weighted by Gasteiger charge is -2.61. The van der Waals surface area contributed by atoms with E-state index >= 15 is 0 Å². The van der Waals surface area contributed by atoms with Gasteiger partial charge in [-0.2, -0.15) is 0 Å². The Morgan fingerprint density at radius 1 is 1.00 bits per heavy atom. The Balaban J connectivity index is 1.35. The highest BCUT2D eigenvalue weighted by atomic mass is 16.5. The molecule has 3 nitrogen and oxygen atoms in total. The smallest absolute Gasteiger partial charge is 0.302 e. The number of rotatable bonds is 3. The highest BCUT2D eigenvalue weighted by Crippen LogP contribution is 2.68. The van der Waals surface area contributed by atoms with Crippen LogP contribution >= 0.6 is 0 Å². The van der Waals surface area contributed by atoms with Gasteiger partial charge < -0.3 is 9.84 Å². The molecule has 0 radical (unpaired) electrons. The monoisotopic (exact) mass is 436 g/mol. The van der Waals surface area contributed by atoms with Crippen molar-refractivity contribution in [1.29, 1.82) is 0 Å². The minimum absolute atomic E-state index is 0.0302. The number of hydrogen-bond donors (Lipinski definition) is 1. The van der Waals surface area contributed by atoms with Gasteiger partial charge in [0.25, 0.3) is 0 Å². The Morgan fingerprint density at radius 3 is 2.50 bits per heavy atom. The molecule has 0 unspecified atom stereocenters. The third kappa shape index (κ3) is 3.47. The fraction of sp³-hybridized carbons (Fsp3) is 0.690. The number of hydrogen-bond acceptors (Lipinski definition) is 3. The van der Waals surface area contributed by atoms with E-state index in [9.17, 15) is 9.90 Å². The topological polar surface area (TPSA) is 46.5 Å². The number of aliphatic hydroxyl groups is 1. The molecule has 0 saturated heterocycles. The van der Waals surface area contributed by atoms with Gasteiger partial charge in [0.05, 0.1) is 5.60 Å². The maximum Gasteiger partial charge on any atom is 0.302 e. The van der Waals surface area contributed by atoms with Gasteiger partial charge in [-0.05, 0) is 92.4 Å². The number of carbonyl (C=O) groups is 1. The van der Waals surface area contributed by atoms with Crippen LogP contribution in [0.5, 0.6) is 0 Å². The molecule has 0 aliphatic heterocycles. The van der Waals surface area contributed by atoms with Gasteiger partial charge in [0.15, 0.2) is 0 Å². The second kappa shape index (κ2) is 8.01. The van der Waals surface area contributed by atoms with Gasteiger partial charge in [-0.25, -0.2) is 0 Å². The normalized spacial score (nSPS) is 45.7. The molecular weight excluding hydrogens is 396 g/mol. The second-order valence-corrected chi connectivity index (χ2v) is 11.8. The van der Waals surface area contributed by atoms with Gasteiger partial charge in [0, 0.05) is 12.3 Å². The minimum Gasteiger partial charge on any atom is -0.463 e. The molecule has 4 fully saturated rings. The molecule has 8 atom stereocenters. The van der Waals surface area contributed by atoms with Crippen LogP contribution in [0.2, 0.25) is 0 Å². The summed E-state index contributed by atoms with van der Waals surface area (Å²) in [7, 11) is 0. The summed E-state index contributed by atoms with van der Waals surface area (Å²) in [5.41, 5.74) is 0.793. The van der Waals surface area contributed by atoms with Crippen molar-refractivity contribution in [3.05, 3.63) is 42.0 Å². The van der Waals surface area contributed by atoms with Crippen LogP contribution in [0.4, 0.5) is 0 Å². The lowest BCUT2D eigenvalue weighted by atomic mass is 9.44. The largest absolute Gasteiger partial charge is 0.463 e. The van der Waals surface area contributed by atoms with Gasteiger partial charge in [0.1, 0.15) is 6.10 Å². The zero-order chi connectivity index (χ0) is 22.6. The molecule has 0 amide bonds. The van der Waals surface area contributed by atoms with Crippen molar-refractivity contribution in [3.8, 4) is 0 Å². The van der Waals surface area contributed by atoms with E-state index in [1.807, 2.05) is 6.07 Å². The van der Waals surface area contributed by atoms with Crippen LogP contribution in [-0.4, -0.2) is 22.8 Å². The highest BCUT2D eigenvalue weighted by Gasteiger charge is 2.64. The van der Waals surface area contributed by atoms with E-state index in [0.717, 1.165) is 43.9 Å². The van der Waals surface area contributed by atoms with Crippen molar-refractivity contribution in [2.24, 2.45) is 34.5 Å². The van der Waals surface area contributed by atoms with Crippen LogP contribution in [0.15, 0.2) is 36.4 Å². The summed E-state index contributed by atoms with van der Waals surface area (Å²) in [5.74, 6) is 2.62. The Hall–Kier alpha value is -1.61. The molecule has 3 heteroatoms. The minimum atomic E-state index is -0.705. The quantitative estimate of drug-likeness (QED) is 0.557. The lowest BCUT2D eigenvalue weighted by Crippen LogP contribution is -2.56. The molecule has 0 bridgehead atoms. The van der Waals surface area contributed by atoms with Crippen molar-refractivity contribution < 1.29 is 14.6 Å². The predicted molar refractivity (Wildman–Crippen MR) is 128 cm³/mol. The van der Waals surface area contributed by atoms with E-state index in [2.05, 4.69) is 50.3 Å². The van der Waals surface area contributed by atoms with Crippen LogP contribution in [0, 0.1) is 34.5 Å². The summed E-state index contributed by atoms with van der Waals surface area (Å²) in [6.45, 7) is 6.46. The van der Waals surface area contributed by atoms with E-state index < -0.39 is 5.60 Å². The summed E-state index contributed by atoms with van der Waals surface area (Å²) >= 11 is 0. The van der Waals surface area contributed by atoms with Crippen LogP contribution < -0.4 is 0 Å². The first kappa shape index (κ1) is 22.2. The number of esters is 1. The zero-order valence-electron chi connectivity index (χ0n) is 20.1. The predicted octanol–water partition coefficient (Wildman–Crippen LogP) is 6.41. The fourth-order valence-corrected chi connectivity index (χ4v) is 8.68. The van der Waals surface area contributed by atoms with Gasteiger partial charge in [-0.1, -0.05) is 56.3 Å². The summed E-state index contributed by atoms with van der Waals surface area (Å²) in [6.07, 6.45) is 14.5. The molecule has 32 heavy (non-hydrogen) atoms. The van der Waals surface area contributed by atoms with Crippen molar-refractivity contribution in [1.82, 2.24) is 0 Å². The summed E-state index contributed by atoms with van der Waals surface area (Å²) in [5, 5.41) is 11.9. The van der Waals surface area contributed by atoms with E-state index in [4.69, 9.17) is 4.74 Å². The fourth-order valence-electron chi connectivity index (χ4n) is 8.68. The van der Waals surface area contributed by atoms with E-state index in [0.29, 0.717) is 17.3 Å². The third-order valence-electron chi connectivity index (χ3n) is 10.5. The van der Waals surface area contributed by atoms with Crippen LogP contribution in [-0.2, 0) is 9.53 Å². The van der Waals surface area contributed by atoms with Crippen LogP contribution in [0.25, 0.3) is 6.08 Å². The zero-order valence-corrected chi connectivity index (χ0v) is 20.1. The van der Waals surface area contributed by atoms with E-state index in [1.54, 1.807) is 6.92 Å². The first-order valence-electron chi connectivity index (χ1n) is 12.9. The molecular formula is C29H40O3. The Labute approximate surface area is 193 Å². The molecule has 5 rings (SSSR count). The first-order chi connectivity index (χ1) is 15.3. The number of fused-ring (bicyclic) bond motifs is 5. The molecule has 174 valence electrons. The molecule has 0 aromatic heterocycles. The van der Waals surface area contributed by atoms with Crippen LogP contribution in [0.1, 0.15) is 84.1 Å². The molecule has 1 N–H and O–H groups in total. The Kier molecular flexibility index (Phi) is 5.55. The summed E-state index contributed by atoms with van der Waals surface area (Å²) in [6, 6.07) is 10.4. The van der Waals surface area contributed by atoms with Crippen molar-refractivity contribution in [2.45, 2.75) is 90.3 Å². The van der Waals surface area contributed by atoms with Crippen molar-refractivity contribution in [2.75, 3.05) is 0 Å². The summed E-state index contributed by atoms with van der Waals surface area (Å²) in [4.78, 5) is 11.5. The molecule has 4 aliphatic carbocycles. The van der Waals surface area contributed by atoms with Gasteiger partial charge in [0.2, 0.25) is 0 Å². The molecule has 4 aliphatic rings. The van der Waals surface area contributed by atoms with Crippen LogP contribution in [0.3, 0.4) is 0 Å². The van der Waals surface area contributed by atoms with Gasteiger partial charge in [-0.3, -0.25) is 4.79 Å². The van der Waals surface area contributed by atoms with Gasteiger partial charge >= 0.3 is 5.97 Å². The molecule has 0 heterocycles. The standard InChI is InChI=1S/C29H40O3/c1-20(30)32-23-12-15-27(2)22(19-23)9-10-24-25(27)13-16-28(3)26(24)14-18-29(28,31)17-11-21-7-5-4-6-8-21/h4-8,11,17,22-26,31H,9-10,12-16,18-19H2,1-3H3/b17-11+/t22-,23+,24+,25-,26-,27-,28-,29-/m0/s1. The average molecular weight is 437 g/mol. The highest BCUT2D eigenvalue weighted by molar-refractivity contribution is 5.66. The number of ether oxygens (including phenoxy) is 1. The number of benzene rings is 1. The van der Waals surface area contributed by atoms with E-state index in [-0.39, 0.29) is 17.5 Å². The van der Waals surface area contributed by atoms with Crippen molar-refractivity contribution >= 4 is 12.0 Å². The lowest BCUT2D eigenvalue weighted by molar-refractivity contribution is -0.164. The molecule has 0 spiro atoms. The van der Waals surface area contributed by atoms with E-state index in [1.165, 1.54) is 31.2 Å². The Bertz CT molecular complexity index is 878. The maximum absolute atomic E-state index is 11.9. The van der Waals surface area contributed by atoms with Crippen molar-refractivity contribution in [3.63, 3.8) is 0 Å². The third-order valence-corrected chi connectivity index (χ3v) is 10.5. The maximum atomic E-state index is 11.9. The second-order valence-electron chi connectivity index (χ2n) is 11.8. The molecule has 1 aromatic carbocycles.